The van der Waals surface area contributed by atoms with Gasteiger partial charge in [-0.05, 0) is 49.3 Å². The van der Waals surface area contributed by atoms with Crippen LogP contribution in [0.2, 0.25) is 0 Å². The maximum absolute atomic E-state index is 10.8. The summed E-state index contributed by atoms with van der Waals surface area (Å²) in [6, 6.07) is 22.4. The molecule has 7 rings (SSSR count). The van der Waals surface area contributed by atoms with E-state index in [1.807, 2.05) is 42.5 Å². The van der Waals surface area contributed by atoms with Gasteiger partial charge in [0.05, 0.1) is 24.1 Å². The topological polar surface area (TPSA) is 111 Å². The number of methoxy groups -OCH3 is 1. The average molecular weight is 479 g/mol. The minimum atomic E-state index is -0.591. The Morgan fingerprint density at radius 2 is 1.58 bits per heavy atom. The van der Waals surface area contributed by atoms with E-state index in [0.717, 1.165) is 40.9 Å². The lowest BCUT2D eigenvalue weighted by molar-refractivity contribution is -0.106. The summed E-state index contributed by atoms with van der Waals surface area (Å²) in [4.78, 5) is 10.1. The molecule has 2 aliphatic carbocycles. The number of hydrogen-bond donors (Lipinski definition) is 2. The number of hydrogen-bond acceptors (Lipinski definition) is 7. The zero-order valence-corrected chi connectivity index (χ0v) is 19.9. The number of nitrogens with two attached hydrogens (primary N) is 1. The lowest BCUT2D eigenvalue weighted by atomic mass is 9.60. The normalized spacial score (nSPS) is 23.6. The zero-order valence-electron chi connectivity index (χ0n) is 19.9. The third-order valence-corrected chi connectivity index (χ3v) is 7.71. The van der Waals surface area contributed by atoms with E-state index >= 15 is 0 Å². The number of fused-ring (bicyclic) bond motifs is 3. The van der Waals surface area contributed by atoms with Gasteiger partial charge >= 0.3 is 6.01 Å². The molecule has 2 aliphatic rings. The molecule has 3 N–H and O–H groups in total. The number of pyridine rings is 1. The standard InChI is InChI=1S/C28H26N6O2/c1-36-26-33-32-22-14-13-21-25(34(22)26)31-24(17-5-3-2-4-6-17)23(30-21)18-7-9-19(10-8-18)27(29)15-28(35,16-27)20-11-12-20/h2-10,13-14,20,35H,11-12,15-16,29H2,1H3. The van der Waals surface area contributed by atoms with Crippen LogP contribution >= 0.6 is 0 Å². The van der Waals surface area contributed by atoms with Crippen molar-refractivity contribution in [1.29, 1.82) is 0 Å². The van der Waals surface area contributed by atoms with Crippen molar-refractivity contribution in [2.75, 3.05) is 7.11 Å². The number of benzene rings is 2. The van der Waals surface area contributed by atoms with Gasteiger partial charge in [0.2, 0.25) is 0 Å². The quantitative estimate of drug-likeness (QED) is 0.391. The van der Waals surface area contributed by atoms with Crippen molar-refractivity contribution in [1.82, 2.24) is 24.6 Å². The molecule has 0 aliphatic heterocycles. The third-order valence-electron chi connectivity index (χ3n) is 7.71. The Morgan fingerprint density at radius 1 is 0.889 bits per heavy atom. The molecule has 5 aromatic rings. The molecule has 3 aromatic heterocycles. The van der Waals surface area contributed by atoms with Gasteiger partial charge in [-0.1, -0.05) is 59.7 Å². The molecule has 2 saturated carbocycles. The first-order valence-corrected chi connectivity index (χ1v) is 12.2. The van der Waals surface area contributed by atoms with Crippen molar-refractivity contribution >= 4 is 16.8 Å². The predicted octanol–water partition coefficient (Wildman–Crippen LogP) is 4.10. The Kier molecular flexibility index (Phi) is 4.49. The molecule has 3 heterocycles. The first kappa shape index (κ1) is 21.4. The van der Waals surface area contributed by atoms with E-state index in [1.54, 1.807) is 11.5 Å². The van der Waals surface area contributed by atoms with Gasteiger partial charge in [0, 0.05) is 16.7 Å². The molecule has 180 valence electrons. The molecule has 8 nitrogen and oxygen atoms in total. The maximum atomic E-state index is 10.8. The first-order chi connectivity index (χ1) is 17.5. The van der Waals surface area contributed by atoms with Crippen LogP contribution in [0.4, 0.5) is 0 Å². The smallest absolute Gasteiger partial charge is 0.323 e. The van der Waals surface area contributed by atoms with Crippen LogP contribution < -0.4 is 10.5 Å². The summed E-state index contributed by atoms with van der Waals surface area (Å²) in [7, 11) is 1.56. The van der Waals surface area contributed by atoms with Gasteiger partial charge in [-0.2, -0.15) is 0 Å². The molecule has 0 atom stereocenters. The summed E-state index contributed by atoms with van der Waals surface area (Å²) in [5, 5.41) is 19.1. The zero-order chi connectivity index (χ0) is 24.5. The van der Waals surface area contributed by atoms with E-state index in [-0.39, 0.29) is 0 Å². The highest BCUT2D eigenvalue weighted by molar-refractivity contribution is 5.86. The Morgan fingerprint density at radius 3 is 2.28 bits per heavy atom. The third kappa shape index (κ3) is 3.22. The van der Waals surface area contributed by atoms with E-state index < -0.39 is 11.1 Å². The Labute approximate surface area is 207 Å². The molecule has 0 spiro atoms. The summed E-state index contributed by atoms with van der Waals surface area (Å²) in [5.41, 5.74) is 12.1. The van der Waals surface area contributed by atoms with Crippen LogP contribution in [0.15, 0.2) is 66.7 Å². The van der Waals surface area contributed by atoms with Gasteiger partial charge < -0.3 is 15.6 Å². The molecule has 0 radical (unpaired) electrons. The van der Waals surface area contributed by atoms with E-state index in [2.05, 4.69) is 34.5 Å². The fraction of sp³-hybridized carbons (Fsp3) is 0.286. The molecule has 0 saturated heterocycles. The number of aromatic nitrogens is 5. The summed E-state index contributed by atoms with van der Waals surface area (Å²) < 4.78 is 7.20. The molecule has 0 amide bonds. The first-order valence-electron chi connectivity index (χ1n) is 12.2. The molecule has 0 bridgehead atoms. The predicted molar refractivity (Wildman–Crippen MR) is 136 cm³/mol. The van der Waals surface area contributed by atoms with Crippen LogP contribution in [0.1, 0.15) is 31.2 Å². The molecule has 2 aromatic carbocycles. The molecular weight excluding hydrogens is 452 g/mol. The van der Waals surface area contributed by atoms with Crippen LogP contribution in [0.3, 0.4) is 0 Å². The van der Waals surface area contributed by atoms with Gasteiger partial charge in [0.25, 0.3) is 0 Å². The average Bonchev–Trinajstić information content (AvgIpc) is 3.67. The van der Waals surface area contributed by atoms with Crippen molar-refractivity contribution in [2.24, 2.45) is 11.7 Å². The summed E-state index contributed by atoms with van der Waals surface area (Å²) in [5.74, 6) is 0.422. The van der Waals surface area contributed by atoms with Crippen molar-refractivity contribution in [3.63, 3.8) is 0 Å². The summed E-state index contributed by atoms with van der Waals surface area (Å²) >= 11 is 0. The van der Waals surface area contributed by atoms with E-state index in [9.17, 15) is 5.11 Å². The fourth-order valence-corrected chi connectivity index (χ4v) is 5.70. The van der Waals surface area contributed by atoms with Crippen LogP contribution in [-0.2, 0) is 5.54 Å². The number of aliphatic hydroxyl groups is 1. The summed E-state index contributed by atoms with van der Waals surface area (Å²) in [6.07, 6.45) is 3.46. The monoisotopic (exact) mass is 478 g/mol. The SMILES string of the molecule is COc1nnc2ccc3nc(-c4ccc(C5(N)CC(O)(C6CC6)C5)cc4)c(-c4ccccc4)nc3n12. The van der Waals surface area contributed by atoms with E-state index in [0.29, 0.717) is 41.6 Å². The highest BCUT2D eigenvalue weighted by atomic mass is 16.5. The van der Waals surface area contributed by atoms with Crippen molar-refractivity contribution in [3.8, 4) is 28.5 Å². The van der Waals surface area contributed by atoms with Crippen molar-refractivity contribution in [3.05, 3.63) is 72.3 Å². The summed E-state index contributed by atoms with van der Waals surface area (Å²) in [6.45, 7) is 0. The van der Waals surface area contributed by atoms with Crippen molar-refractivity contribution in [2.45, 2.75) is 36.8 Å². The van der Waals surface area contributed by atoms with Crippen LogP contribution in [-0.4, -0.2) is 42.4 Å². The second-order valence-electron chi connectivity index (χ2n) is 10.2. The van der Waals surface area contributed by atoms with Gasteiger partial charge in [0.1, 0.15) is 5.52 Å². The number of ether oxygens (including phenoxy) is 1. The highest BCUT2D eigenvalue weighted by Crippen LogP contribution is 2.57. The molecule has 0 unspecified atom stereocenters. The number of rotatable bonds is 5. The lowest BCUT2D eigenvalue weighted by Crippen LogP contribution is -2.60. The van der Waals surface area contributed by atoms with Gasteiger partial charge in [-0.3, -0.25) is 0 Å². The second-order valence-corrected chi connectivity index (χ2v) is 10.2. The van der Waals surface area contributed by atoms with Crippen LogP contribution in [0.25, 0.3) is 39.3 Å². The highest BCUT2D eigenvalue weighted by Gasteiger charge is 2.58. The van der Waals surface area contributed by atoms with Gasteiger partial charge in [0.15, 0.2) is 11.3 Å². The minimum Gasteiger partial charge on any atom is -0.467 e. The molecule has 36 heavy (non-hydrogen) atoms. The van der Waals surface area contributed by atoms with E-state index in [4.69, 9.17) is 20.4 Å². The van der Waals surface area contributed by atoms with E-state index in [1.165, 1.54) is 0 Å². The molecule has 8 heteroatoms. The molecule has 2 fully saturated rings. The Hall–Kier alpha value is -3.88. The van der Waals surface area contributed by atoms with Crippen LogP contribution in [0.5, 0.6) is 6.01 Å². The van der Waals surface area contributed by atoms with Gasteiger partial charge in [-0.25, -0.2) is 14.4 Å². The lowest BCUT2D eigenvalue weighted by Gasteiger charge is -2.52. The van der Waals surface area contributed by atoms with Gasteiger partial charge in [-0.15, -0.1) is 5.10 Å². The minimum absolute atomic E-state index is 0.362. The number of nitrogens with zero attached hydrogens (tertiary/aromatic N) is 5. The van der Waals surface area contributed by atoms with Crippen molar-refractivity contribution < 1.29 is 9.84 Å². The Bertz CT molecular complexity index is 1600. The molecular formula is C28H26N6O2. The fourth-order valence-electron chi connectivity index (χ4n) is 5.70. The Balaban J connectivity index is 1.35. The van der Waals surface area contributed by atoms with Crippen LogP contribution in [0, 0.1) is 5.92 Å². The largest absolute Gasteiger partial charge is 0.467 e. The second kappa shape index (κ2) is 7.56. The maximum Gasteiger partial charge on any atom is 0.323 e.